The number of nitrogens with two attached hydrogens (primary N) is 1. The number of anilines is 2. The van der Waals surface area contributed by atoms with Crippen LogP contribution in [0.2, 0.25) is 0 Å². The Morgan fingerprint density at radius 3 is 2.89 bits per heavy atom. The normalized spacial score (nSPS) is 15.0. The van der Waals surface area contributed by atoms with Gasteiger partial charge in [0.15, 0.2) is 5.65 Å². The average molecular weight is 431 g/mol. The molecule has 1 aliphatic carbocycles. The molecule has 0 aliphatic heterocycles. The first-order valence-corrected chi connectivity index (χ1v) is 9.40. The Morgan fingerprint density at radius 2 is 2.22 bits per heavy atom. The van der Waals surface area contributed by atoms with Crippen LogP contribution in [0, 0.1) is 13.5 Å². The molecule has 0 amide bonds. The SMILES string of the molecule is [C-]#[N+]c1c(NCCc2ccn(C3(CO)CC3)n2)nc2c(Br)c(C)nn2c1N. The van der Waals surface area contributed by atoms with E-state index in [9.17, 15) is 5.11 Å². The molecule has 3 aromatic heterocycles. The van der Waals surface area contributed by atoms with Crippen molar-refractivity contribution in [2.45, 2.75) is 31.7 Å². The zero-order chi connectivity index (χ0) is 19.2. The fraction of sp³-hybridized carbons (Fsp3) is 0.412. The van der Waals surface area contributed by atoms with Crippen LogP contribution in [0.1, 0.15) is 24.2 Å². The van der Waals surface area contributed by atoms with Gasteiger partial charge in [-0.3, -0.25) is 4.68 Å². The first kappa shape index (κ1) is 17.8. The number of halogens is 1. The molecule has 1 fully saturated rings. The summed E-state index contributed by atoms with van der Waals surface area (Å²) >= 11 is 3.46. The Kier molecular flexibility index (Phi) is 4.28. The highest BCUT2D eigenvalue weighted by atomic mass is 79.9. The number of hydrogen-bond acceptors (Lipinski definition) is 6. The number of nitrogens with zero attached hydrogens (tertiary/aromatic N) is 6. The van der Waals surface area contributed by atoms with Crippen molar-refractivity contribution in [2.75, 3.05) is 24.2 Å². The molecule has 1 aliphatic rings. The van der Waals surface area contributed by atoms with Crippen molar-refractivity contribution < 1.29 is 5.11 Å². The van der Waals surface area contributed by atoms with E-state index in [0.717, 1.165) is 28.7 Å². The van der Waals surface area contributed by atoms with Gasteiger partial charge in [-0.25, -0.2) is 14.3 Å². The molecule has 9 nitrogen and oxygen atoms in total. The minimum Gasteiger partial charge on any atom is -0.394 e. The maximum atomic E-state index is 9.51. The van der Waals surface area contributed by atoms with Crippen LogP contribution in [0.25, 0.3) is 10.5 Å². The van der Waals surface area contributed by atoms with Gasteiger partial charge in [-0.2, -0.15) is 10.2 Å². The number of aromatic nitrogens is 5. The fourth-order valence-corrected chi connectivity index (χ4v) is 3.38. The number of aryl methyl sites for hydroxylation is 1. The molecule has 0 aromatic carbocycles. The van der Waals surface area contributed by atoms with Crippen molar-refractivity contribution in [1.82, 2.24) is 24.4 Å². The van der Waals surface area contributed by atoms with Crippen molar-refractivity contribution >= 4 is 38.9 Å². The Morgan fingerprint density at radius 1 is 1.44 bits per heavy atom. The minimum absolute atomic E-state index is 0.115. The zero-order valence-corrected chi connectivity index (χ0v) is 16.4. The molecule has 4 rings (SSSR count). The highest BCUT2D eigenvalue weighted by Gasteiger charge is 2.44. The van der Waals surface area contributed by atoms with Crippen molar-refractivity contribution in [3.8, 4) is 0 Å². The van der Waals surface area contributed by atoms with Crippen LogP contribution in [-0.4, -0.2) is 42.6 Å². The van der Waals surface area contributed by atoms with Gasteiger partial charge in [0.05, 0.1) is 34.6 Å². The second-order valence-corrected chi connectivity index (χ2v) is 7.54. The number of fused-ring (bicyclic) bond motifs is 1. The van der Waals surface area contributed by atoms with Crippen molar-refractivity contribution in [3.63, 3.8) is 0 Å². The average Bonchev–Trinajstić information content (AvgIpc) is 3.23. The Hall–Kier alpha value is -2.64. The zero-order valence-electron chi connectivity index (χ0n) is 14.8. The Labute approximate surface area is 164 Å². The first-order valence-electron chi connectivity index (χ1n) is 8.60. The number of nitrogen functional groups attached to an aromatic ring is 1. The van der Waals surface area contributed by atoms with Gasteiger partial charge in [0.1, 0.15) is 11.6 Å². The van der Waals surface area contributed by atoms with Gasteiger partial charge in [-0.05, 0) is 41.8 Å². The van der Waals surface area contributed by atoms with Crippen LogP contribution in [0.15, 0.2) is 16.7 Å². The lowest BCUT2D eigenvalue weighted by atomic mass is 10.3. The van der Waals surface area contributed by atoms with Crippen LogP contribution in [0.5, 0.6) is 0 Å². The number of nitrogens with one attached hydrogen (secondary N) is 1. The number of aliphatic hydroxyl groups is 1. The topological polar surface area (TPSA) is 111 Å². The minimum atomic E-state index is -0.198. The summed E-state index contributed by atoms with van der Waals surface area (Å²) in [5.74, 6) is 0.693. The molecule has 27 heavy (non-hydrogen) atoms. The monoisotopic (exact) mass is 430 g/mol. The van der Waals surface area contributed by atoms with Crippen LogP contribution in [0.4, 0.5) is 17.3 Å². The molecule has 0 atom stereocenters. The van der Waals surface area contributed by atoms with Crippen molar-refractivity contribution in [3.05, 3.63) is 39.5 Å². The summed E-state index contributed by atoms with van der Waals surface area (Å²) in [6.45, 7) is 9.95. The molecule has 0 unspecified atom stereocenters. The number of hydrogen-bond donors (Lipinski definition) is 3. The summed E-state index contributed by atoms with van der Waals surface area (Å²) in [7, 11) is 0. The third kappa shape index (κ3) is 2.93. The molecule has 3 heterocycles. The van der Waals surface area contributed by atoms with E-state index in [1.807, 2.05) is 23.9 Å². The molecule has 140 valence electrons. The summed E-state index contributed by atoms with van der Waals surface area (Å²) in [5.41, 5.74) is 8.41. The lowest BCUT2D eigenvalue weighted by molar-refractivity contribution is 0.202. The van der Waals surface area contributed by atoms with Crippen LogP contribution < -0.4 is 11.1 Å². The predicted molar refractivity (Wildman–Crippen MR) is 105 cm³/mol. The molecule has 0 radical (unpaired) electrons. The van der Waals surface area contributed by atoms with E-state index in [1.165, 1.54) is 4.52 Å². The molecular weight excluding hydrogens is 412 g/mol. The van der Waals surface area contributed by atoms with Gasteiger partial charge in [0.25, 0.3) is 5.69 Å². The molecule has 0 bridgehead atoms. The summed E-state index contributed by atoms with van der Waals surface area (Å²) in [4.78, 5) is 8.03. The maximum Gasteiger partial charge on any atom is 0.268 e. The van der Waals surface area contributed by atoms with Crippen molar-refractivity contribution in [2.24, 2.45) is 0 Å². The standard InChI is InChI=1S/C17H19BrN8O/c1-10-12(18)16-22-15(13(20-2)14(19)26(16)23-10)21-7-3-11-4-8-25(24-11)17(9-27)5-6-17/h4,8,27H,3,5-7,9,19H2,1H3,(H,21,22). The second-order valence-electron chi connectivity index (χ2n) is 6.75. The molecular formula is C17H19BrN8O. The Bertz CT molecular complexity index is 1060. The molecule has 0 spiro atoms. The van der Waals surface area contributed by atoms with Gasteiger partial charge >= 0.3 is 0 Å². The van der Waals surface area contributed by atoms with Crippen molar-refractivity contribution in [1.29, 1.82) is 0 Å². The fourth-order valence-electron chi connectivity index (χ4n) is 3.05. The lowest BCUT2D eigenvalue weighted by Crippen LogP contribution is -2.22. The second kappa shape index (κ2) is 6.51. The maximum absolute atomic E-state index is 9.51. The molecule has 1 saturated carbocycles. The van der Waals surface area contributed by atoms with E-state index in [-0.39, 0.29) is 23.7 Å². The quantitative estimate of drug-likeness (QED) is 0.517. The van der Waals surface area contributed by atoms with E-state index in [2.05, 4.69) is 41.3 Å². The van der Waals surface area contributed by atoms with Crippen LogP contribution in [0.3, 0.4) is 0 Å². The smallest absolute Gasteiger partial charge is 0.268 e. The van der Waals surface area contributed by atoms with Gasteiger partial charge in [-0.15, -0.1) is 0 Å². The molecule has 4 N–H and O–H groups in total. The first-order chi connectivity index (χ1) is 13.0. The van der Waals surface area contributed by atoms with E-state index >= 15 is 0 Å². The van der Waals surface area contributed by atoms with E-state index < -0.39 is 0 Å². The van der Waals surface area contributed by atoms with Gasteiger partial charge in [0, 0.05) is 19.2 Å². The van der Waals surface area contributed by atoms with E-state index in [1.54, 1.807) is 0 Å². The Balaban J connectivity index is 1.52. The van der Waals surface area contributed by atoms with Gasteiger partial charge in [0.2, 0.25) is 0 Å². The predicted octanol–water partition coefficient (Wildman–Crippen LogP) is 2.27. The van der Waals surface area contributed by atoms with E-state index in [4.69, 9.17) is 12.3 Å². The van der Waals surface area contributed by atoms with Gasteiger partial charge < -0.3 is 16.2 Å². The third-order valence-electron chi connectivity index (χ3n) is 4.91. The lowest BCUT2D eigenvalue weighted by Gasteiger charge is -2.12. The third-order valence-corrected chi connectivity index (χ3v) is 5.84. The summed E-state index contributed by atoms with van der Waals surface area (Å²) < 4.78 is 4.09. The summed E-state index contributed by atoms with van der Waals surface area (Å²) in [6, 6.07) is 1.95. The molecule has 3 aromatic rings. The summed E-state index contributed by atoms with van der Waals surface area (Å²) in [5, 5.41) is 21.6. The summed E-state index contributed by atoms with van der Waals surface area (Å²) in [6.07, 6.45) is 4.50. The highest BCUT2D eigenvalue weighted by molar-refractivity contribution is 9.10. The number of aliphatic hydroxyl groups excluding tert-OH is 1. The molecule has 0 saturated heterocycles. The van der Waals surface area contributed by atoms with Gasteiger partial charge in [-0.1, -0.05) is 0 Å². The largest absolute Gasteiger partial charge is 0.394 e. The number of rotatable bonds is 6. The van der Waals surface area contributed by atoms with E-state index in [0.29, 0.717) is 24.4 Å². The molecule has 10 heteroatoms. The van der Waals surface area contributed by atoms with Crippen LogP contribution >= 0.6 is 15.9 Å². The highest BCUT2D eigenvalue weighted by Crippen LogP contribution is 2.42. The van der Waals surface area contributed by atoms with Crippen LogP contribution in [-0.2, 0) is 12.0 Å².